The van der Waals surface area contributed by atoms with Crippen LogP contribution in [0.4, 0.5) is 0 Å². The predicted molar refractivity (Wildman–Crippen MR) is 125 cm³/mol. The summed E-state index contributed by atoms with van der Waals surface area (Å²) in [5, 5.41) is 0. The van der Waals surface area contributed by atoms with Crippen LogP contribution in [0.25, 0.3) is 0 Å². The molecule has 2 heterocycles. The van der Waals surface area contributed by atoms with Crippen molar-refractivity contribution in [2.24, 2.45) is 0 Å². The van der Waals surface area contributed by atoms with Gasteiger partial charge < -0.3 is 14.4 Å². The van der Waals surface area contributed by atoms with Gasteiger partial charge in [-0.05, 0) is 23.8 Å². The summed E-state index contributed by atoms with van der Waals surface area (Å²) in [5.74, 6) is 1.38. The van der Waals surface area contributed by atoms with Crippen LogP contribution < -0.4 is 9.47 Å². The number of fused-ring (bicyclic) bond motifs is 1. The summed E-state index contributed by atoms with van der Waals surface area (Å²) in [6.45, 7) is 4.74. The third kappa shape index (κ3) is 4.61. The van der Waals surface area contributed by atoms with Gasteiger partial charge in [-0.1, -0.05) is 54.6 Å². The van der Waals surface area contributed by atoms with Gasteiger partial charge in [-0.25, -0.2) is 0 Å². The van der Waals surface area contributed by atoms with Gasteiger partial charge in [-0.15, -0.1) is 0 Å². The van der Waals surface area contributed by atoms with E-state index in [9.17, 15) is 9.59 Å². The summed E-state index contributed by atoms with van der Waals surface area (Å²) < 4.78 is 11.3. The van der Waals surface area contributed by atoms with Crippen molar-refractivity contribution < 1.29 is 19.1 Å². The molecule has 2 aliphatic heterocycles. The van der Waals surface area contributed by atoms with E-state index in [4.69, 9.17) is 9.47 Å². The molecule has 1 saturated heterocycles. The van der Waals surface area contributed by atoms with E-state index < -0.39 is 0 Å². The van der Waals surface area contributed by atoms with Crippen molar-refractivity contribution in [2.75, 3.05) is 39.4 Å². The molecular weight excluding hydrogens is 416 g/mol. The molecule has 5 rings (SSSR count). The van der Waals surface area contributed by atoms with Crippen LogP contribution in [0.3, 0.4) is 0 Å². The number of carbonyl (C=O) groups excluding carboxylic acids is 2. The number of ketones is 1. The molecule has 3 aromatic rings. The van der Waals surface area contributed by atoms with E-state index >= 15 is 0 Å². The Bertz CT molecular complexity index is 1150. The summed E-state index contributed by atoms with van der Waals surface area (Å²) in [6, 6.07) is 22.3. The van der Waals surface area contributed by atoms with E-state index in [0.29, 0.717) is 43.0 Å². The largest absolute Gasteiger partial charge is 0.486 e. The number of amides is 1. The SMILES string of the molecule is O=C(c1ccccc1)c1ccccc1C(=O)N1CCN(Cc2ccc3c(c2)OCCO3)CC1. The standard InChI is InChI=1S/C27H26N2O4/c30-26(21-6-2-1-3-7-21)22-8-4-5-9-23(22)27(31)29-14-12-28(13-15-29)19-20-10-11-24-25(18-20)33-17-16-32-24/h1-11,18H,12-17,19H2. The monoisotopic (exact) mass is 442 g/mol. The molecule has 6 nitrogen and oxygen atoms in total. The van der Waals surface area contributed by atoms with E-state index in [-0.39, 0.29) is 11.7 Å². The number of nitrogens with zero attached hydrogens (tertiary/aromatic N) is 2. The third-order valence-electron chi connectivity index (χ3n) is 6.11. The maximum absolute atomic E-state index is 13.3. The Morgan fingerprint density at radius 2 is 1.39 bits per heavy atom. The summed E-state index contributed by atoms with van der Waals surface area (Å²) in [5.41, 5.74) is 2.67. The van der Waals surface area contributed by atoms with Gasteiger partial charge in [0.1, 0.15) is 13.2 Å². The van der Waals surface area contributed by atoms with E-state index in [1.165, 1.54) is 0 Å². The van der Waals surface area contributed by atoms with Crippen LogP contribution in [0, 0.1) is 0 Å². The van der Waals surface area contributed by atoms with Crippen molar-refractivity contribution in [3.05, 3.63) is 95.1 Å². The molecule has 6 heteroatoms. The number of hydrogen-bond acceptors (Lipinski definition) is 5. The van der Waals surface area contributed by atoms with Crippen LogP contribution >= 0.6 is 0 Å². The Morgan fingerprint density at radius 1 is 0.727 bits per heavy atom. The molecule has 168 valence electrons. The van der Waals surface area contributed by atoms with Crippen LogP contribution in [0.1, 0.15) is 31.8 Å². The minimum atomic E-state index is -0.128. The average Bonchev–Trinajstić information content (AvgIpc) is 2.89. The Morgan fingerprint density at radius 3 is 2.15 bits per heavy atom. The first-order valence-corrected chi connectivity index (χ1v) is 11.3. The zero-order valence-corrected chi connectivity index (χ0v) is 18.4. The van der Waals surface area contributed by atoms with Gasteiger partial charge in [0.25, 0.3) is 5.91 Å². The fourth-order valence-corrected chi connectivity index (χ4v) is 4.34. The highest BCUT2D eigenvalue weighted by Gasteiger charge is 2.26. The molecule has 33 heavy (non-hydrogen) atoms. The number of piperazine rings is 1. The topological polar surface area (TPSA) is 59.1 Å². The summed E-state index contributed by atoms with van der Waals surface area (Å²) in [4.78, 5) is 30.5. The van der Waals surface area contributed by atoms with Crippen molar-refractivity contribution in [1.29, 1.82) is 0 Å². The Kier molecular flexibility index (Phi) is 6.09. The molecule has 0 unspecified atom stereocenters. The molecule has 0 atom stereocenters. The molecule has 0 aromatic heterocycles. The fraction of sp³-hybridized carbons (Fsp3) is 0.259. The van der Waals surface area contributed by atoms with Gasteiger partial charge in [0.05, 0.1) is 5.56 Å². The maximum Gasteiger partial charge on any atom is 0.254 e. The first-order valence-electron chi connectivity index (χ1n) is 11.3. The van der Waals surface area contributed by atoms with Gasteiger partial charge >= 0.3 is 0 Å². The summed E-state index contributed by atoms with van der Waals surface area (Å²) >= 11 is 0. The second kappa shape index (κ2) is 9.46. The highest BCUT2D eigenvalue weighted by molar-refractivity contribution is 6.15. The van der Waals surface area contributed by atoms with Crippen LogP contribution in [0.5, 0.6) is 11.5 Å². The Hall–Kier alpha value is -3.64. The van der Waals surface area contributed by atoms with Crippen molar-refractivity contribution >= 4 is 11.7 Å². The van der Waals surface area contributed by atoms with E-state index in [0.717, 1.165) is 36.7 Å². The number of benzene rings is 3. The van der Waals surface area contributed by atoms with Gasteiger partial charge in [0, 0.05) is 43.9 Å². The number of rotatable bonds is 5. The normalized spacial score (nSPS) is 15.8. The molecule has 0 radical (unpaired) electrons. The quantitative estimate of drug-likeness (QED) is 0.565. The molecular formula is C27H26N2O4. The van der Waals surface area contributed by atoms with Crippen LogP contribution in [-0.4, -0.2) is 60.9 Å². The summed E-state index contributed by atoms with van der Waals surface area (Å²) in [6.07, 6.45) is 0. The lowest BCUT2D eigenvalue weighted by molar-refractivity contribution is 0.0625. The molecule has 0 bridgehead atoms. The van der Waals surface area contributed by atoms with E-state index in [1.807, 2.05) is 41.3 Å². The van der Waals surface area contributed by atoms with Crippen molar-refractivity contribution in [1.82, 2.24) is 9.80 Å². The lowest BCUT2D eigenvalue weighted by Gasteiger charge is -2.35. The summed E-state index contributed by atoms with van der Waals surface area (Å²) in [7, 11) is 0. The van der Waals surface area contributed by atoms with Crippen molar-refractivity contribution in [2.45, 2.75) is 6.54 Å². The molecule has 2 aliphatic rings. The molecule has 1 fully saturated rings. The molecule has 3 aromatic carbocycles. The minimum Gasteiger partial charge on any atom is -0.486 e. The molecule has 0 N–H and O–H groups in total. The average molecular weight is 443 g/mol. The first kappa shape index (κ1) is 21.2. The van der Waals surface area contributed by atoms with E-state index in [1.54, 1.807) is 30.3 Å². The third-order valence-corrected chi connectivity index (χ3v) is 6.11. The number of ether oxygens (including phenoxy) is 2. The maximum atomic E-state index is 13.3. The van der Waals surface area contributed by atoms with Crippen molar-refractivity contribution in [3.8, 4) is 11.5 Å². The number of hydrogen-bond donors (Lipinski definition) is 0. The van der Waals surface area contributed by atoms with Crippen LogP contribution in [-0.2, 0) is 6.54 Å². The molecule has 0 spiro atoms. The number of carbonyl (C=O) groups is 2. The first-order chi connectivity index (χ1) is 16.2. The van der Waals surface area contributed by atoms with Crippen LogP contribution in [0.15, 0.2) is 72.8 Å². The lowest BCUT2D eigenvalue weighted by Crippen LogP contribution is -2.48. The zero-order valence-electron chi connectivity index (χ0n) is 18.4. The van der Waals surface area contributed by atoms with Gasteiger partial charge in [0.2, 0.25) is 0 Å². The molecule has 1 amide bonds. The lowest BCUT2D eigenvalue weighted by atomic mass is 9.97. The fourth-order valence-electron chi connectivity index (χ4n) is 4.34. The van der Waals surface area contributed by atoms with Gasteiger partial charge in [0.15, 0.2) is 17.3 Å². The minimum absolute atomic E-state index is 0.0890. The highest BCUT2D eigenvalue weighted by atomic mass is 16.6. The Balaban J connectivity index is 1.24. The molecule has 0 aliphatic carbocycles. The highest BCUT2D eigenvalue weighted by Crippen LogP contribution is 2.31. The Labute approximate surface area is 193 Å². The molecule has 0 saturated carbocycles. The zero-order chi connectivity index (χ0) is 22.6. The van der Waals surface area contributed by atoms with E-state index in [2.05, 4.69) is 11.0 Å². The van der Waals surface area contributed by atoms with Gasteiger partial charge in [-0.3, -0.25) is 14.5 Å². The smallest absolute Gasteiger partial charge is 0.254 e. The second-order valence-corrected chi connectivity index (χ2v) is 8.29. The second-order valence-electron chi connectivity index (χ2n) is 8.29. The predicted octanol–water partition coefficient (Wildman–Crippen LogP) is 3.65. The van der Waals surface area contributed by atoms with Gasteiger partial charge in [-0.2, -0.15) is 0 Å². The van der Waals surface area contributed by atoms with Crippen molar-refractivity contribution in [3.63, 3.8) is 0 Å². The van der Waals surface area contributed by atoms with Crippen LogP contribution in [0.2, 0.25) is 0 Å².